The van der Waals surface area contributed by atoms with Gasteiger partial charge < -0.3 is 10.2 Å². The molecule has 0 bridgehead atoms. The number of halogens is 3. The van der Waals surface area contributed by atoms with Crippen molar-refractivity contribution in [1.82, 2.24) is 10.1 Å². The molecule has 1 fully saturated rings. The normalized spacial score (nSPS) is 17.4. The molecule has 8 heteroatoms. The highest BCUT2D eigenvalue weighted by Gasteiger charge is 2.31. The molecule has 1 aromatic heterocycles. The number of benzene rings is 2. The Balaban J connectivity index is 1.57. The van der Waals surface area contributed by atoms with Crippen LogP contribution in [0.25, 0.3) is 11.1 Å². The summed E-state index contributed by atoms with van der Waals surface area (Å²) in [6.45, 7) is 0.673. The number of hydrazine groups is 2. The number of nitrogens with zero attached hydrogens (tertiary/aromatic N) is 3. The van der Waals surface area contributed by atoms with E-state index in [2.05, 4.69) is 10.4 Å². The van der Waals surface area contributed by atoms with E-state index in [4.69, 9.17) is 0 Å². The van der Waals surface area contributed by atoms with E-state index in [1.54, 1.807) is 17.5 Å². The quantitative estimate of drug-likeness (QED) is 0.570. The van der Waals surface area contributed by atoms with Crippen molar-refractivity contribution in [3.8, 4) is 11.1 Å². The van der Waals surface area contributed by atoms with Crippen LogP contribution in [0.4, 0.5) is 24.5 Å². The summed E-state index contributed by atoms with van der Waals surface area (Å²) in [5.41, 5.74) is 5.83. The lowest BCUT2D eigenvalue weighted by atomic mass is 10.1. The van der Waals surface area contributed by atoms with Crippen LogP contribution in [-0.2, 0) is 11.0 Å². The molecule has 4 rings (SSSR count). The van der Waals surface area contributed by atoms with Gasteiger partial charge in [0.25, 0.3) is 0 Å². The second kappa shape index (κ2) is 8.77. The van der Waals surface area contributed by atoms with Crippen molar-refractivity contribution in [3.05, 3.63) is 78.6 Å². The first kappa shape index (κ1) is 20.9. The molecule has 0 saturated carbocycles. The van der Waals surface area contributed by atoms with Gasteiger partial charge in [-0.3, -0.25) is 9.99 Å². The molecule has 2 aromatic carbocycles. The number of nitrogens with one attached hydrogen (secondary N) is 1. The molecule has 1 saturated heterocycles. The number of hydrogen-bond acceptors (Lipinski definition) is 5. The van der Waals surface area contributed by atoms with Crippen molar-refractivity contribution >= 4 is 17.7 Å². The van der Waals surface area contributed by atoms with E-state index in [9.17, 15) is 18.0 Å². The fourth-order valence-electron chi connectivity index (χ4n) is 3.62. The summed E-state index contributed by atoms with van der Waals surface area (Å²) in [6.07, 6.45) is 1.41. The summed E-state index contributed by atoms with van der Waals surface area (Å²) in [7, 11) is 0. The lowest BCUT2D eigenvalue weighted by Crippen LogP contribution is -2.56. The van der Waals surface area contributed by atoms with Gasteiger partial charge in [-0.15, -0.1) is 5.12 Å². The van der Waals surface area contributed by atoms with Crippen molar-refractivity contribution in [3.63, 3.8) is 0 Å². The summed E-state index contributed by atoms with van der Waals surface area (Å²) >= 11 is 0. The van der Waals surface area contributed by atoms with E-state index < -0.39 is 17.8 Å². The average molecular weight is 426 g/mol. The van der Waals surface area contributed by atoms with E-state index in [0.717, 1.165) is 41.7 Å². The number of rotatable bonds is 5. The van der Waals surface area contributed by atoms with Gasteiger partial charge in [-0.1, -0.05) is 12.1 Å². The Morgan fingerprint density at radius 3 is 2.19 bits per heavy atom. The minimum atomic E-state index is -4.39. The summed E-state index contributed by atoms with van der Waals surface area (Å²) in [6, 6.07) is 16.1. The molecule has 1 atom stereocenters. The van der Waals surface area contributed by atoms with Gasteiger partial charge >= 0.3 is 6.18 Å². The number of aldehydes is 1. The highest BCUT2D eigenvalue weighted by Crippen LogP contribution is 2.31. The van der Waals surface area contributed by atoms with Crippen LogP contribution >= 0.6 is 0 Å². The molecular formula is C23H21F3N4O. The van der Waals surface area contributed by atoms with Gasteiger partial charge in [0.2, 0.25) is 0 Å². The van der Waals surface area contributed by atoms with Crippen LogP contribution in [0.1, 0.15) is 18.4 Å². The van der Waals surface area contributed by atoms with E-state index >= 15 is 0 Å². The Morgan fingerprint density at radius 2 is 1.58 bits per heavy atom. The molecule has 31 heavy (non-hydrogen) atoms. The van der Waals surface area contributed by atoms with Crippen LogP contribution in [0, 0.1) is 0 Å². The zero-order valence-corrected chi connectivity index (χ0v) is 16.6. The minimum Gasteiger partial charge on any atom is -0.301 e. The zero-order chi connectivity index (χ0) is 21.8. The van der Waals surface area contributed by atoms with Crippen molar-refractivity contribution in [1.29, 1.82) is 0 Å². The maximum absolute atomic E-state index is 12.8. The topological polar surface area (TPSA) is 48.5 Å². The van der Waals surface area contributed by atoms with Crippen LogP contribution < -0.4 is 10.4 Å². The van der Waals surface area contributed by atoms with Crippen LogP contribution in [0.3, 0.4) is 0 Å². The molecule has 160 valence electrons. The summed E-state index contributed by atoms with van der Waals surface area (Å²) in [5, 5.41) is 3.64. The SMILES string of the molecule is O=CC1CCCN(c2ccc(-c3ccncc3)cc2)N1Nc1ccc(C(F)(F)F)cc1. The summed E-state index contributed by atoms with van der Waals surface area (Å²) in [4.78, 5) is 15.7. The fourth-order valence-corrected chi connectivity index (χ4v) is 3.62. The second-order valence-corrected chi connectivity index (χ2v) is 7.28. The zero-order valence-electron chi connectivity index (χ0n) is 16.6. The molecule has 1 aliphatic heterocycles. The molecule has 0 spiro atoms. The molecule has 5 nitrogen and oxygen atoms in total. The Labute approximate surface area is 178 Å². The van der Waals surface area contributed by atoms with Crippen molar-refractivity contribution in [2.24, 2.45) is 0 Å². The predicted molar refractivity (Wildman–Crippen MR) is 113 cm³/mol. The van der Waals surface area contributed by atoms with Gasteiger partial charge in [-0.2, -0.15) is 13.2 Å². The monoisotopic (exact) mass is 426 g/mol. The van der Waals surface area contributed by atoms with Crippen molar-refractivity contribution < 1.29 is 18.0 Å². The standard InChI is InChI=1S/C23H21F3N4O/c24-23(25,26)19-5-7-20(8-6-19)28-30-22(16-31)2-1-15-29(30)21-9-3-17(4-10-21)18-11-13-27-14-12-18/h3-14,16,22,28H,1-2,15H2. The average Bonchev–Trinajstić information content (AvgIpc) is 2.80. The minimum absolute atomic E-state index is 0.434. The Kier molecular flexibility index (Phi) is 5.90. The van der Waals surface area contributed by atoms with Crippen LogP contribution in [0.15, 0.2) is 73.1 Å². The third-order valence-corrected chi connectivity index (χ3v) is 5.24. The Morgan fingerprint density at radius 1 is 0.935 bits per heavy atom. The van der Waals surface area contributed by atoms with Crippen LogP contribution in [0.5, 0.6) is 0 Å². The van der Waals surface area contributed by atoms with Gasteiger partial charge in [-0.25, -0.2) is 0 Å². The smallest absolute Gasteiger partial charge is 0.301 e. The van der Waals surface area contributed by atoms with E-state index in [-0.39, 0.29) is 0 Å². The highest BCUT2D eigenvalue weighted by molar-refractivity contribution is 5.66. The van der Waals surface area contributed by atoms with Crippen LogP contribution in [0.2, 0.25) is 0 Å². The molecular weight excluding hydrogens is 405 g/mol. The lowest BCUT2D eigenvalue weighted by Gasteiger charge is -2.43. The largest absolute Gasteiger partial charge is 0.416 e. The number of hydrogen-bond donors (Lipinski definition) is 1. The van der Waals surface area contributed by atoms with Gasteiger partial charge in [0.05, 0.1) is 16.9 Å². The van der Waals surface area contributed by atoms with E-state index in [0.29, 0.717) is 18.7 Å². The van der Waals surface area contributed by atoms with Crippen LogP contribution in [-0.4, -0.2) is 29.0 Å². The number of carbonyl (C=O) groups is 1. The van der Waals surface area contributed by atoms with Crippen molar-refractivity contribution in [2.75, 3.05) is 17.0 Å². The number of alkyl halides is 3. The third kappa shape index (κ3) is 4.69. The molecule has 0 radical (unpaired) electrons. The molecule has 3 aromatic rings. The molecule has 1 N–H and O–H groups in total. The van der Waals surface area contributed by atoms with E-state index in [1.165, 1.54) is 12.1 Å². The molecule has 2 heterocycles. The van der Waals surface area contributed by atoms with Crippen molar-refractivity contribution in [2.45, 2.75) is 25.1 Å². The van der Waals surface area contributed by atoms with E-state index in [1.807, 2.05) is 41.4 Å². The first-order chi connectivity index (χ1) is 15.0. The van der Waals surface area contributed by atoms with Gasteiger partial charge in [0, 0.05) is 18.9 Å². The molecule has 0 aliphatic carbocycles. The number of pyridine rings is 1. The Hall–Kier alpha value is -3.39. The maximum Gasteiger partial charge on any atom is 0.416 e. The fraction of sp³-hybridized carbons (Fsp3) is 0.217. The second-order valence-electron chi connectivity index (χ2n) is 7.28. The highest BCUT2D eigenvalue weighted by atomic mass is 19.4. The number of carbonyl (C=O) groups excluding carboxylic acids is 1. The predicted octanol–water partition coefficient (Wildman–Crippen LogP) is 5.18. The van der Waals surface area contributed by atoms with Gasteiger partial charge in [-0.05, 0) is 72.5 Å². The number of anilines is 2. The molecule has 1 unspecified atom stereocenters. The first-order valence-corrected chi connectivity index (χ1v) is 9.92. The Bertz CT molecular complexity index is 1010. The lowest BCUT2D eigenvalue weighted by molar-refractivity contribution is -0.137. The third-order valence-electron chi connectivity index (χ3n) is 5.24. The maximum atomic E-state index is 12.8. The molecule has 0 amide bonds. The van der Waals surface area contributed by atoms with Gasteiger partial charge in [0.15, 0.2) is 0 Å². The van der Waals surface area contributed by atoms with Gasteiger partial charge in [0.1, 0.15) is 12.3 Å². The number of aromatic nitrogens is 1. The molecule has 1 aliphatic rings. The first-order valence-electron chi connectivity index (χ1n) is 9.92. The summed E-state index contributed by atoms with van der Waals surface area (Å²) in [5.74, 6) is 0. The summed E-state index contributed by atoms with van der Waals surface area (Å²) < 4.78 is 38.5.